The third-order valence-electron chi connectivity index (χ3n) is 5.73. The van der Waals surface area contributed by atoms with Gasteiger partial charge in [-0.25, -0.2) is 9.38 Å². The minimum Gasteiger partial charge on any atom is -0.494 e. The Morgan fingerprint density at radius 2 is 2.03 bits per heavy atom. The van der Waals surface area contributed by atoms with Gasteiger partial charge >= 0.3 is 0 Å². The zero-order valence-electron chi connectivity index (χ0n) is 17.5. The summed E-state index contributed by atoms with van der Waals surface area (Å²) in [4.78, 5) is 25.9. The van der Waals surface area contributed by atoms with Crippen LogP contribution in [0.25, 0.3) is 10.9 Å². The molecule has 2 aliphatic rings. The van der Waals surface area contributed by atoms with E-state index in [-0.39, 0.29) is 41.0 Å². The van der Waals surface area contributed by atoms with Crippen molar-refractivity contribution in [1.82, 2.24) is 9.88 Å². The number of H-pyrrole nitrogens is 1. The standard InChI is InChI=1S/C22H20FN5O4.ClH/c23-13-3-5-18-16(11-13)20(26-32-10-9-27-7-1-2-8-27)21(24-18)19-15-12-14(28(30)31)4-6-17(15)25-22(19)29;/h3-6,11-12,25,29H,1-2,7-10H2;1H/b26-20+;. The van der Waals surface area contributed by atoms with Gasteiger partial charge < -0.3 is 14.9 Å². The molecular formula is C22H21ClFN5O4. The second kappa shape index (κ2) is 9.16. The van der Waals surface area contributed by atoms with Gasteiger partial charge in [-0.05, 0) is 50.2 Å². The van der Waals surface area contributed by atoms with E-state index in [1.165, 1.54) is 49.2 Å². The number of aromatic amines is 1. The molecule has 1 saturated heterocycles. The number of hydrogen-bond donors (Lipinski definition) is 2. The molecule has 2 aromatic carbocycles. The van der Waals surface area contributed by atoms with Crippen LogP contribution in [0.4, 0.5) is 15.8 Å². The van der Waals surface area contributed by atoms with Crippen LogP contribution in [0.15, 0.2) is 46.5 Å². The summed E-state index contributed by atoms with van der Waals surface area (Å²) in [6.45, 7) is 3.14. The van der Waals surface area contributed by atoms with Crippen LogP contribution in [-0.4, -0.2) is 57.6 Å². The van der Waals surface area contributed by atoms with Crippen LogP contribution >= 0.6 is 12.4 Å². The predicted molar refractivity (Wildman–Crippen MR) is 125 cm³/mol. The first-order valence-corrected chi connectivity index (χ1v) is 10.3. The molecule has 3 aromatic rings. The molecular weight excluding hydrogens is 453 g/mol. The normalized spacial score (nSPS) is 16.6. The molecule has 2 aliphatic heterocycles. The number of benzene rings is 2. The summed E-state index contributed by atoms with van der Waals surface area (Å²) < 4.78 is 14.0. The number of likely N-dealkylation sites (tertiary alicyclic amines) is 1. The van der Waals surface area contributed by atoms with E-state index in [9.17, 15) is 19.6 Å². The summed E-state index contributed by atoms with van der Waals surface area (Å²) in [5.41, 5.74) is 2.06. The molecule has 0 unspecified atom stereocenters. The molecule has 5 rings (SSSR count). The molecule has 0 amide bonds. The number of aromatic nitrogens is 1. The number of nitrogens with zero attached hydrogens (tertiary/aromatic N) is 4. The highest BCUT2D eigenvalue weighted by Crippen LogP contribution is 2.37. The number of nitrogens with one attached hydrogen (secondary N) is 1. The molecule has 2 N–H and O–H groups in total. The Morgan fingerprint density at radius 1 is 1.24 bits per heavy atom. The number of fused-ring (bicyclic) bond motifs is 2. The van der Waals surface area contributed by atoms with Gasteiger partial charge in [0.15, 0.2) is 5.88 Å². The lowest BCUT2D eigenvalue weighted by Gasteiger charge is -2.13. The molecule has 0 atom stereocenters. The maximum Gasteiger partial charge on any atom is 0.270 e. The van der Waals surface area contributed by atoms with E-state index in [0.29, 0.717) is 28.8 Å². The zero-order chi connectivity index (χ0) is 22.2. The van der Waals surface area contributed by atoms with Crippen LogP contribution in [0.2, 0.25) is 0 Å². The number of nitro benzene ring substituents is 1. The molecule has 1 aromatic heterocycles. The minimum absolute atomic E-state index is 0. The fourth-order valence-corrected chi connectivity index (χ4v) is 4.17. The van der Waals surface area contributed by atoms with Crippen LogP contribution in [0.1, 0.15) is 24.0 Å². The first kappa shape index (κ1) is 22.7. The SMILES string of the molecule is Cl.O=[N+]([O-])c1ccc2[nH]c(O)c(C3=Nc4ccc(F)cc4/C3=N\OCCN3CCCC3)c2c1. The molecule has 0 radical (unpaired) electrons. The average Bonchev–Trinajstić information content (AvgIpc) is 3.47. The van der Waals surface area contributed by atoms with Gasteiger partial charge in [0.05, 0.1) is 16.2 Å². The number of oxime groups is 1. The Kier molecular flexibility index (Phi) is 6.30. The van der Waals surface area contributed by atoms with Crippen LogP contribution in [-0.2, 0) is 4.84 Å². The number of rotatable bonds is 6. The van der Waals surface area contributed by atoms with Crippen LogP contribution < -0.4 is 0 Å². The van der Waals surface area contributed by atoms with Gasteiger partial charge in [0.2, 0.25) is 0 Å². The highest BCUT2D eigenvalue weighted by atomic mass is 35.5. The van der Waals surface area contributed by atoms with Gasteiger partial charge in [-0.15, -0.1) is 12.4 Å². The van der Waals surface area contributed by atoms with Crippen molar-refractivity contribution < 1.29 is 19.3 Å². The van der Waals surface area contributed by atoms with Gasteiger partial charge in [-0.2, -0.15) is 0 Å². The lowest BCUT2D eigenvalue weighted by molar-refractivity contribution is -0.384. The molecule has 172 valence electrons. The molecule has 11 heteroatoms. The Hall–Kier alpha value is -3.50. The van der Waals surface area contributed by atoms with Crippen molar-refractivity contribution in [2.45, 2.75) is 12.8 Å². The van der Waals surface area contributed by atoms with E-state index < -0.39 is 10.7 Å². The first-order chi connectivity index (χ1) is 15.5. The highest BCUT2D eigenvalue weighted by molar-refractivity contribution is 6.58. The van der Waals surface area contributed by atoms with Gasteiger partial charge in [-0.3, -0.25) is 15.0 Å². The van der Waals surface area contributed by atoms with Crippen molar-refractivity contribution in [3.05, 3.63) is 63.5 Å². The summed E-state index contributed by atoms with van der Waals surface area (Å²) in [7, 11) is 0. The molecule has 9 nitrogen and oxygen atoms in total. The molecule has 0 aliphatic carbocycles. The highest BCUT2D eigenvalue weighted by Gasteiger charge is 2.30. The van der Waals surface area contributed by atoms with E-state index in [0.717, 1.165) is 19.6 Å². The van der Waals surface area contributed by atoms with Gasteiger partial charge in [-0.1, -0.05) is 5.16 Å². The average molecular weight is 474 g/mol. The smallest absolute Gasteiger partial charge is 0.270 e. The first-order valence-electron chi connectivity index (χ1n) is 10.3. The second-order valence-electron chi connectivity index (χ2n) is 7.78. The Labute approximate surface area is 194 Å². The zero-order valence-corrected chi connectivity index (χ0v) is 18.3. The Balaban J connectivity index is 0.00000259. The predicted octanol–water partition coefficient (Wildman–Crippen LogP) is 4.29. The lowest BCUT2D eigenvalue weighted by Crippen LogP contribution is -2.23. The third-order valence-corrected chi connectivity index (χ3v) is 5.73. The Bertz CT molecular complexity index is 1280. The molecule has 1 fully saturated rings. The fourth-order valence-electron chi connectivity index (χ4n) is 4.17. The topological polar surface area (TPSA) is 116 Å². The summed E-state index contributed by atoms with van der Waals surface area (Å²) >= 11 is 0. The molecule has 0 saturated carbocycles. The van der Waals surface area contributed by atoms with E-state index in [4.69, 9.17) is 4.84 Å². The van der Waals surface area contributed by atoms with Crippen LogP contribution in [0, 0.1) is 15.9 Å². The minimum atomic E-state index is -0.510. The largest absolute Gasteiger partial charge is 0.494 e. The summed E-state index contributed by atoms with van der Waals surface area (Å²) in [5.74, 6) is -0.666. The molecule has 0 bridgehead atoms. The molecule has 3 heterocycles. The van der Waals surface area contributed by atoms with Gasteiger partial charge in [0.1, 0.15) is 23.8 Å². The number of aliphatic imine (C=N–C) groups is 1. The van der Waals surface area contributed by atoms with E-state index in [1.807, 2.05) is 0 Å². The van der Waals surface area contributed by atoms with Gasteiger partial charge in [0, 0.05) is 35.1 Å². The number of nitro groups is 1. The van der Waals surface area contributed by atoms with Crippen molar-refractivity contribution in [3.8, 4) is 5.88 Å². The summed E-state index contributed by atoms with van der Waals surface area (Å²) in [5, 5.41) is 26.5. The van der Waals surface area contributed by atoms with Crippen LogP contribution in [0.5, 0.6) is 5.88 Å². The monoisotopic (exact) mass is 473 g/mol. The lowest BCUT2D eigenvalue weighted by atomic mass is 10.0. The molecule has 0 spiro atoms. The number of hydrogen-bond acceptors (Lipinski definition) is 7. The summed E-state index contributed by atoms with van der Waals surface area (Å²) in [6.07, 6.45) is 2.34. The Morgan fingerprint density at radius 3 is 2.79 bits per heavy atom. The van der Waals surface area contributed by atoms with Crippen LogP contribution in [0.3, 0.4) is 0 Å². The van der Waals surface area contributed by atoms with Gasteiger partial charge in [0.25, 0.3) is 5.69 Å². The maximum atomic E-state index is 14.0. The maximum absolute atomic E-state index is 14.0. The quantitative estimate of drug-likeness (QED) is 0.314. The van der Waals surface area contributed by atoms with Crippen molar-refractivity contribution in [3.63, 3.8) is 0 Å². The van der Waals surface area contributed by atoms with E-state index >= 15 is 0 Å². The van der Waals surface area contributed by atoms with E-state index in [2.05, 4.69) is 20.0 Å². The number of non-ortho nitro benzene ring substituents is 1. The summed E-state index contributed by atoms with van der Waals surface area (Å²) in [6, 6.07) is 8.34. The van der Waals surface area contributed by atoms with E-state index in [1.54, 1.807) is 0 Å². The second-order valence-corrected chi connectivity index (χ2v) is 7.78. The van der Waals surface area contributed by atoms with Crippen molar-refractivity contribution >= 4 is 46.1 Å². The number of aromatic hydroxyl groups is 1. The molecule has 33 heavy (non-hydrogen) atoms. The van der Waals surface area contributed by atoms with Crippen molar-refractivity contribution in [1.29, 1.82) is 0 Å². The fraction of sp³-hybridized carbons (Fsp3) is 0.273. The number of halogens is 2. The third kappa shape index (κ3) is 4.27. The van der Waals surface area contributed by atoms with Crippen molar-refractivity contribution in [2.75, 3.05) is 26.2 Å². The van der Waals surface area contributed by atoms with Crippen molar-refractivity contribution in [2.24, 2.45) is 10.1 Å².